The van der Waals surface area contributed by atoms with Crippen molar-refractivity contribution in [3.8, 4) is 0 Å². The predicted molar refractivity (Wildman–Crippen MR) is 113 cm³/mol. The lowest BCUT2D eigenvalue weighted by molar-refractivity contribution is -0.152. The van der Waals surface area contributed by atoms with E-state index in [4.69, 9.17) is 0 Å². The van der Waals surface area contributed by atoms with Gasteiger partial charge in [0, 0.05) is 6.54 Å². The fraction of sp³-hybridized carbons (Fsp3) is 0.320. The van der Waals surface area contributed by atoms with Gasteiger partial charge in [-0.15, -0.1) is 0 Å². The molecule has 1 heterocycles. The maximum atomic E-state index is 12.1. The summed E-state index contributed by atoms with van der Waals surface area (Å²) in [6.07, 6.45) is 3.00. The average Bonchev–Trinajstić information content (AvgIpc) is 2.74. The number of hydrogen-bond donors (Lipinski definition) is 1. The third-order valence-corrected chi connectivity index (χ3v) is 6.22. The first-order chi connectivity index (χ1) is 13.6. The van der Waals surface area contributed by atoms with Crippen LogP contribution in [0, 0.1) is 5.41 Å². The van der Waals surface area contributed by atoms with Crippen molar-refractivity contribution in [3.63, 3.8) is 0 Å². The van der Waals surface area contributed by atoms with E-state index >= 15 is 0 Å². The predicted octanol–water partition coefficient (Wildman–Crippen LogP) is 5.14. The average molecular weight is 373 g/mol. The molecule has 0 aromatic heterocycles. The molecule has 0 atom stereocenters. The Morgan fingerprint density at radius 2 is 1.54 bits per heavy atom. The molecule has 3 heteroatoms. The van der Waals surface area contributed by atoms with Crippen molar-refractivity contribution in [3.05, 3.63) is 83.9 Å². The molecule has 0 unspecified atom stereocenters. The smallest absolute Gasteiger partial charge is 0.309 e. The Morgan fingerprint density at radius 3 is 2.25 bits per heavy atom. The second-order valence-corrected chi connectivity index (χ2v) is 8.03. The van der Waals surface area contributed by atoms with Gasteiger partial charge in [0.25, 0.3) is 0 Å². The standard InChI is InChI=1S/C25H27NO2/c27-24(28)25(13-12-20-6-2-1-3-7-20)14-16-26(17-15-25)19-21-10-11-22-8-4-5-9-23(22)18-21/h1-11,18H,12-17,19H2,(H,27,28). The summed E-state index contributed by atoms with van der Waals surface area (Å²) >= 11 is 0. The fourth-order valence-corrected chi connectivity index (χ4v) is 4.33. The van der Waals surface area contributed by atoms with Crippen LogP contribution in [-0.4, -0.2) is 29.1 Å². The maximum Gasteiger partial charge on any atom is 0.309 e. The third-order valence-electron chi connectivity index (χ3n) is 6.22. The lowest BCUT2D eigenvalue weighted by Crippen LogP contribution is -2.44. The molecule has 1 aliphatic heterocycles. The lowest BCUT2D eigenvalue weighted by Gasteiger charge is -2.39. The van der Waals surface area contributed by atoms with Crippen LogP contribution in [0.1, 0.15) is 30.4 Å². The molecular weight excluding hydrogens is 346 g/mol. The molecule has 1 fully saturated rings. The molecule has 0 bridgehead atoms. The normalized spacial score (nSPS) is 16.9. The van der Waals surface area contributed by atoms with Gasteiger partial charge in [0.2, 0.25) is 0 Å². The van der Waals surface area contributed by atoms with Crippen molar-refractivity contribution in [2.24, 2.45) is 5.41 Å². The zero-order chi connectivity index (χ0) is 19.4. The topological polar surface area (TPSA) is 40.5 Å². The molecule has 0 saturated carbocycles. The van der Waals surface area contributed by atoms with Gasteiger partial charge < -0.3 is 5.11 Å². The molecule has 1 aliphatic rings. The Balaban J connectivity index is 1.39. The summed E-state index contributed by atoms with van der Waals surface area (Å²) < 4.78 is 0. The maximum absolute atomic E-state index is 12.1. The van der Waals surface area contributed by atoms with Gasteiger partial charge in [-0.3, -0.25) is 9.69 Å². The third kappa shape index (κ3) is 4.10. The van der Waals surface area contributed by atoms with Crippen LogP contribution in [0.3, 0.4) is 0 Å². The van der Waals surface area contributed by atoms with Gasteiger partial charge in [-0.25, -0.2) is 0 Å². The van der Waals surface area contributed by atoms with Crippen molar-refractivity contribution in [1.82, 2.24) is 4.90 Å². The number of carboxylic acid groups (broad SMARTS) is 1. The van der Waals surface area contributed by atoms with Crippen molar-refractivity contribution >= 4 is 16.7 Å². The van der Waals surface area contributed by atoms with Crippen LogP contribution < -0.4 is 0 Å². The number of fused-ring (bicyclic) bond motifs is 1. The van der Waals surface area contributed by atoms with Gasteiger partial charge in [0.15, 0.2) is 0 Å². The molecule has 0 spiro atoms. The molecule has 144 valence electrons. The van der Waals surface area contributed by atoms with Gasteiger partial charge in [0.05, 0.1) is 5.41 Å². The number of carbonyl (C=O) groups is 1. The monoisotopic (exact) mass is 373 g/mol. The number of likely N-dealkylation sites (tertiary alicyclic amines) is 1. The van der Waals surface area contributed by atoms with Crippen molar-refractivity contribution in [2.75, 3.05) is 13.1 Å². The summed E-state index contributed by atoms with van der Waals surface area (Å²) in [7, 11) is 0. The molecule has 3 aromatic rings. The fourth-order valence-electron chi connectivity index (χ4n) is 4.33. The van der Waals surface area contributed by atoms with E-state index in [0.717, 1.165) is 45.3 Å². The van der Waals surface area contributed by atoms with Gasteiger partial charge >= 0.3 is 5.97 Å². The van der Waals surface area contributed by atoms with E-state index in [9.17, 15) is 9.90 Å². The highest BCUT2D eigenvalue weighted by Crippen LogP contribution is 2.37. The van der Waals surface area contributed by atoms with Gasteiger partial charge in [-0.2, -0.15) is 0 Å². The Bertz CT molecular complexity index is 943. The Kier molecular flexibility index (Phi) is 5.45. The van der Waals surface area contributed by atoms with E-state index in [1.807, 2.05) is 18.2 Å². The number of aryl methyl sites for hydroxylation is 1. The molecule has 1 saturated heterocycles. The molecule has 0 amide bonds. The number of nitrogens with zero attached hydrogens (tertiary/aromatic N) is 1. The van der Waals surface area contributed by atoms with E-state index in [-0.39, 0.29) is 0 Å². The second kappa shape index (κ2) is 8.15. The van der Waals surface area contributed by atoms with Crippen LogP contribution in [0.5, 0.6) is 0 Å². The summed E-state index contributed by atoms with van der Waals surface area (Å²) in [5.41, 5.74) is 1.93. The molecule has 3 aromatic carbocycles. The zero-order valence-electron chi connectivity index (χ0n) is 16.2. The quantitative estimate of drug-likeness (QED) is 0.650. The molecule has 3 nitrogen and oxygen atoms in total. The van der Waals surface area contributed by atoms with E-state index < -0.39 is 11.4 Å². The van der Waals surface area contributed by atoms with Crippen LogP contribution >= 0.6 is 0 Å². The summed E-state index contributed by atoms with van der Waals surface area (Å²) in [5, 5.41) is 12.5. The number of rotatable bonds is 6. The lowest BCUT2D eigenvalue weighted by atomic mass is 9.74. The van der Waals surface area contributed by atoms with Crippen LogP contribution in [-0.2, 0) is 17.8 Å². The molecule has 1 N–H and O–H groups in total. The van der Waals surface area contributed by atoms with Gasteiger partial charge in [-0.1, -0.05) is 66.7 Å². The highest BCUT2D eigenvalue weighted by molar-refractivity contribution is 5.83. The zero-order valence-corrected chi connectivity index (χ0v) is 16.2. The molecule has 28 heavy (non-hydrogen) atoms. The summed E-state index contributed by atoms with van der Waals surface area (Å²) in [6.45, 7) is 2.57. The highest BCUT2D eigenvalue weighted by atomic mass is 16.4. The number of carboxylic acids is 1. The largest absolute Gasteiger partial charge is 0.481 e. The van der Waals surface area contributed by atoms with Crippen molar-refractivity contribution < 1.29 is 9.90 Å². The number of aliphatic carboxylic acids is 1. The Labute approximate surface area is 166 Å². The molecule has 4 rings (SSSR count). The summed E-state index contributed by atoms with van der Waals surface area (Å²) in [4.78, 5) is 14.5. The second-order valence-electron chi connectivity index (χ2n) is 8.03. The minimum atomic E-state index is -0.631. The van der Waals surface area contributed by atoms with Gasteiger partial charge in [-0.05, 0) is 66.7 Å². The van der Waals surface area contributed by atoms with Gasteiger partial charge in [0.1, 0.15) is 0 Å². The minimum Gasteiger partial charge on any atom is -0.481 e. The van der Waals surface area contributed by atoms with E-state index in [2.05, 4.69) is 59.5 Å². The van der Waals surface area contributed by atoms with Crippen molar-refractivity contribution in [1.29, 1.82) is 0 Å². The summed E-state index contributed by atoms with van der Waals surface area (Å²) in [5.74, 6) is -0.631. The molecule has 0 aliphatic carbocycles. The van der Waals surface area contributed by atoms with Crippen LogP contribution in [0.4, 0.5) is 0 Å². The van der Waals surface area contributed by atoms with Crippen molar-refractivity contribution in [2.45, 2.75) is 32.2 Å². The van der Waals surface area contributed by atoms with Crippen LogP contribution in [0.25, 0.3) is 10.8 Å². The number of hydrogen-bond acceptors (Lipinski definition) is 2. The van der Waals surface area contributed by atoms with E-state index in [1.54, 1.807) is 0 Å². The number of benzene rings is 3. The highest BCUT2D eigenvalue weighted by Gasteiger charge is 2.40. The van der Waals surface area contributed by atoms with E-state index in [1.165, 1.54) is 21.9 Å². The molecule has 0 radical (unpaired) electrons. The van der Waals surface area contributed by atoms with E-state index in [0.29, 0.717) is 0 Å². The first-order valence-corrected chi connectivity index (χ1v) is 10.1. The summed E-state index contributed by atoms with van der Waals surface area (Å²) in [6, 6.07) is 25.3. The first-order valence-electron chi connectivity index (χ1n) is 10.1. The SMILES string of the molecule is O=C(O)C1(CCc2ccccc2)CCN(Cc2ccc3ccccc3c2)CC1. The van der Waals surface area contributed by atoms with Crippen LogP contribution in [0.15, 0.2) is 72.8 Å². The first kappa shape index (κ1) is 18.7. The number of piperidine rings is 1. The Hall–Kier alpha value is -2.65. The minimum absolute atomic E-state index is 0.588. The van der Waals surface area contributed by atoms with Crippen LogP contribution in [0.2, 0.25) is 0 Å². The Morgan fingerprint density at radius 1 is 0.857 bits per heavy atom. The molecular formula is C25H27NO2.